The first-order chi connectivity index (χ1) is 11.7. The van der Waals surface area contributed by atoms with E-state index in [0.29, 0.717) is 0 Å². The Labute approximate surface area is 156 Å². The molecule has 134 valence electrons. The van der Waals surface area contributed by atoms with E-state index in [-0.39, 0.29) is 36.1 Å². The molecule has 4 rings (SSSR count). The molecule has 1 amide bonds. The molecule has 7 heteroatoms. The summed E-state index contributed by atoms with van der Waals surface area (Å²) in [5.41, 5.74) is 2.02. The van der Waals surface area contributed by atoms with Crippen molar-refractivity contribution in [2.75, 3.05) is 13.1 Å². The zero-order valence-electron chi connectivity index (χ0n) is 13.8. The number of nitrogens with one attached hydrogen (secondary N) is 2. The third kappa shape index (κ3) is 3.86. The summed E-state index contributed by atoms with van der Waals surface area (Å²) in [7, 11) is 0. The Morgan fingerprint density at radius 3 is 2.80 bits per heavy atom. The fourth-order valence-corrected chi connectivity index (χ4v) is 4.64. The molecule has 1 aliphatic heterocycles. The lowest BCUT2D eigenvalue weighted by Crippen LogP contribution is -2.35. The Balaban J connectivity index is 0.00000182. The summed E-state index contributed by atoms with van der Waals surface area (Å²) < 4.78 is 13.1. The monoisotopic (exact) mass is 381 g/mol. The number of carbonyl (C=O) groups excluding carboxylic acids is 1. The predicted molar refractivity (Wildman–Crippen MR) is 99.6 cm³/mol. The van der Waals surface area contributed by atoms with E-state index in [2.05, 4.69) is 10.6 Å². The summed E-state index contributed by atoms with van der Waals surface area (Å²) in [6, 6.07) is 6.51. The first-order valence-electron chi connectivity index (χ1n) is 8.47. The van der Waals surface area contributed by atoms with Crippen molar-refractivity contribution in [1.82, 2.24) is 15.6 Å². The lowest BCUT2D eigenvalue weighted by molar-refractivity contribution is -0.125. The molecule has 1 aromatic heterocycles. The maximum absolute atomic E-state index is 13.1. The number of benzene rings is 1. The van der Waals surface area contributed by atoms with Gasteiger partial charge in [0.05, 0.1) is 22.5 Å². The maximum Gasteiger partial charge on any atom is 0.224 e. The van der Waals surface area contributed by atoms with E-state index in [1.165, 1.54) is 17.0 Å². The highest BCUT2D eigenvalue weighted by Crippen LogP contribution is 2.38. The van der Waals surface area contributed by atoms with Gasteiger partial charge in [-0.3, -0.25) is 4.79 Å². The van der Waals surface area contributed by atoms with Crippen LogP contribution in [0.5, 0.6) is 0 Å². The number of hydrogen-bond donors (Lipinski definition) is 2. The average Bonchev–Trinajstić information content (AvgIpc) is 3.25. The van der Waals surface area contributed by atoms with Gasteiger partial charge in [-0.05, 0) is 56.5 Å². The largest absolute Gasteiger partial charge is 0.348 e. The molecule has 1 fully saturated rings. The minimum Gasteiger partial charge on any atom is -0.348 e. The van der Waals surface area contributed by atoms with Crippen LogP contribution >= 0.6 is 23.7 Å². The molecule has 2 aliphatic rings. The van der Waals surface area contributed by atoms with Gasteiger partial charge in [-0.2, -0.15) is 0 Å². The van der Waals surface area contributed by atoms with Crippen molar-refractivity contribution in [3.8, 4) is 10.6 Å². The summed E-state index contributed by atoms with van der Waals surface area (Å²) in [6.45, 7) is 1.69. The van der Waals surface area contributed by atoms with Gasteiger partial charge >= 0.3 is 0 Å². The number of aryl methyl sites for hydroxylation is 1. The first kappa shape index (κ1) is 18.3. The van der Waals surface area contributed by atoms with Crippen molar-refractivity contribution < 1.29 is 9.18 Å². The first-order valence-corrected chi connectivity index (χ1v) is 9.29. The van der Waals surface area contributed by atoms with Crippen LogP contribution in [0.3, 0.4) is 0 Å². The Morgan fingerprint density at radius 1 is 1.28 bits per heavy atom. The molecular formula is C18H21ClFN3OS. The molecule has 1 saturated heterocycles. The van der Waals surface area contributed by atoms with Crippen molar-refractivity contribution in [1.29, 1.82) is 0 Å². The minimum absolute atomic E-state index is 0. The van der Waals surface area contributed by atoms with Gasteiger partial charge in [0.2, 0.25) is 5.91 Å². The quantitative estimate of drug-likeness (QED) is 0.855. The molecule has 2 atom stereocenters. The number of aromatic nitrogens is 1. The Hall–Kier alpha value is -1.50. The molecule has 2 aromatic rings. The number of carbonyl (C=O) groups is 1. The summed E-state index contributed by atoms with van der Waals surface area (Å²) in [5.74, 6) is -0.00942. The van der Waals surface area contributed by atoms with Gasteiger partial charge < -0.3 is 10.6 Å². The second-order valence-corrected chi connectivity index (χ2v) is 7.51. The van der Waals surface area contributed by atoms with Crippen LogP contribution < -0.4 is 10.6 Å². The Kier molecular flexibility index (Phi) is 5.71. The smallest absolute Gasteiger partial charge is 0.224 e. The van der Waals surface area contributed by atoms with E-state index in [9.17, 15) is 9.18 Å². The van der Waals surface area contributed by atoms with E-state index < -0.39 is 0 Å². The molecule has 0 spiro atoms. The van der Waals surface area contributed by atoms with Crippen LogP contribution in [0.25, 0.3) is 10.6 Å². The molecule has 0 saturated carbocycles. The molecule has 4 nitrogen and oxygen atoms in total. The number of amides is 1. The summed E-state index contributed by atoms with van der Waals surface area (Å²) in [5, 5.41) is 7.37. The van der Waals surface area contributed by atoms with Gasteiger partial charge in [-0.1, -0.05) is 0 Å². The maximum atomic E-state index is 13.1. The summed E-state index contributed by atoms with van der Waals surface area (Å²) >= 11 is 1.62. The molecule has 2 unspecified atom stereocenters. The van der Waals surface area contributed by atoms with Gasteiger partial charge in [0.25, 0.3) is 0 Å². The predicted octanol–water partition coefficient (Wildman–Crippen LogP) is 3.47. The average molecular weight is 382 g/mol. The fourth-order valence-electron chi connectivity index (χ4n) is 3.44. The topological polar surface area (TPSA) is 54.0 Å². The number of rotatable bonds is 3. The van der Waals surface area contributed by atoms with E-state index >= 15 is 0 Å². The van der Waals surface area contributed by atoms with Gasteiger partial charge in [-0.15, -0.1) is 23.7 Å². The van der Waals surface area contributed by atoms with Crippen LogP contribution in [0.15, 0.2) is 24.3 Å². The molecule has 1 aromatic carbocycles. The highest BCUT2D eigenvalue weighted by Gasteiger charge is 2.29. The van der Waals surface area contributed by atoms with Crippen molar-refractivity contribution in [3.63, 3.8) is 0 Å². The van der Waals surface area contributed by atoms with Gasteiger partial charge in [0.15, 0.2) is 0 Å². The molecule has 1 aliphatic carbocycles. The van der Waals surface area contributed by atoms with Crippen LogP contribution in [0.4, 0.5) is 4.39 Å². The van der Waals surface area contributed by atoms with Crippen molar-refractivity contribution in [2.24, 2.45) is 5.92 Å². The highest BCUT2D eigenvalue weighted by molar-refractivity contribution is 7.15. The van der Waals surface area contributed by atoms with Crippen LogP contribution in [0.2, 0.25) is 0 Å². The molecule has 0 radical (unpaired) electrons. The standard InChI is InChI=1S/C18H20FN3OS.ClH/c19-13-6-4-11(5-7-13)18-22-15-3-1-2-14(16(15)24-18)21-17(23)12-8-9-20-10-12;/h4-7,12,14,20H,1-3,8-10H2,(H,21,23);1H. The Morgan fingerprint density at radius 2 is 2.08 bits per heavy atom. The summed E-state index contributed by atoms with van der Waals surface area (Å²) in [6.07, 6.45) is 3.86. The number of thiazole rings is 1. The third-order valence-electron chi connectivity index (χ3n) is 4.79. The molecular weight excluding hydrogens is 361 g/mol. The SMILES string of the molecule is Cl.O=C(NC1CCCc2nc(-c3ccc(F)cc3)sc21)C1CCNC1. The molecule has 2 N–H and O–H groups in total. The minimum atomic E-state index is -0.240. The second kappa shape index (κ2) is 7.81. The van der Waals surface area contributed by atoms with E-state index in [1.54, 1.807) is 23.5 Å². The number of hydrogen-bond acceptors (Lipinski definition) is 4. The fraction of sp³-hybridized carbons (Fsp3) is 0.444. The van der Waals surface area contributed by atoms with Crippen molar-refractivity contribution >= 4 is 29.7 Å². The highest BCUT2D eigenvalue weighted by atomic mass is 35.5. The lowest BCUT2D eigenvalue weighted by Gasteiger charge is -2.23. The number of nitrogens with zero attached hydrogens (tertiary/aromatic N) is 1. The van der Waals surface area contributed by atoms with Crippen LogP contribution in [0.1, 0.15) is 35.9 Å². The van der Waals surface area contributed by atoms with Crippen molar-refractivity contribution in [3.05, 3.63) is 40.7 Å². The molecule has 2 heterocycles. The van der Waals surface area contributed by atoms with Gasteiger partial charge in [0, 0.05) is 12.1 Å². The van der Waals surface area contributed by atoms with Gasteiger partial charge in [0.1, 0.15) is 10.8 Å². The van der Waals surface area contributed by atoms with Crippen LogP contribution in [-0.4, -0.2) is 24.0 Å². The van der Waals surface area contributed by atoms with E-state index in [1.807, 2.05) is 0 Å². The number of fused-ring (bicyclic) bond motifs is 1. The second-order valence-electron chi connectivity index (χ2n) is 6.48. The zero-order valence-corrected chi connectivity index (χ0v) is 15.4. The zero-order chi connectivity index (χ0) is 16.5. The summed E-state index contributed by atoms with van der Waals surface area (Å²) in [4.78, 5) is 18.3. The van der Waals surface area contributed by atoms with Gasteiger partial charge in [-0.25, -0.2) is 9.37 Å². The number of halogens is 2. The van der Waals surface area contributed by atoms with Crippen LogP contribution in [-0.2, 0) is 11.2 Å². The molecule has 25 heavy (non-hydrogen) atoms. The molecule has 0 bridgehead atoms. The van der Waals surface area contributed by atoms with E-state index in [0.717, 1.165) is 55.0 Å². The lowest BCUT2D eigenvalue weighted by atomic mass is 9.97. The van der Waals surface area contributed by atoms with E-state index in [4.69, 9.17) is 4.98 Å². The van der Waals surface area contributed by atoms with Crippen molar-refractivity contribution in [2.45, 2.75) is 31.7 Å². The Bertz CT molecular complexity index is 743. The van der Waals surface area contributed by atoms with Crippen LogP contribution in [0, 0.1) is 11.7 Å². The normalized spacial score (nSPS) is 22.1. The third-order valence-corrected chi connectivity index (χ3v) is 6.05.